The lowest BCUT2D eigenvalue weighted by Crippen LogP contribution is -2.32. The lowest BCUT2D eigenvalue weighted by atomic mass is 10.2. The molecule has 6 heteroatoms. The molecule has 0 aromatic heterocycles. The number of carbonyl (C=O) groups is 1. The number of hydrogen-bond donors (Lipinski definition) is 3. The molecule has 1 aromatic rings. The molecule has 2 rings (SSSR count). The first-order chi connectivity index (χ1) is 11.7. The number of nitrogens with two attached hydrogens (primary N) is 1. The average Bonchev–Trinajstić information content (AvgIpc) is 2.62. The summed E-state index contributed by atoms with van der Waals surface area (Å²) in [6.07, 6.45) is 7.37. The van der Waals surface area contributed by atoms with Gasteiger partial charge in [0.2, 0.25) is 0 Å². The molecular weight excluding hydrogens is 306 g/mol. The number of carbonyl (C=O) groups excluding carboxylic acids is 1. The van der Waals surface area contributed by atoms with Gasteiger partial charge in [0.15, 0.2) is 0 Å². The van der Waals surface area contributed by atoms with Crippen molar-refractivity contribution in [1.82, 2.24) is 10.6 Å². The van der Waals surface area contributed by atoms with Crippen molar-refractivity contribution in [2.45, 2.75) is 44.6 Å². The molecule has 1 aliphatic rings. The third kappa shape index (κ3) is 7.48. The van der Waals surface area contributed by atoms with E-state index in [1.54, 1.807) is 0 Å². The molecule has 1 amide bonds. The third-order valence-corrected chi connectivity index (χ3v) is 3.76. The van der Waals surface area contributed by atoms with Crippen LogP contribution in [0.25, 0.3) is 0 Å². The lowest BCUT2D eigenvalue weighted by Gasteiger charge is -2.22. The van der Waals surface area contributed by atoms with Crippen molar-refractivity contribution < 1.29 is 14.3 Å². The van der Waals surface area contributed by atoms with E-state index in [-0.39, 0.29) is 18.9 Å². The number of alkyl carbamates (subject to hydrolysis) is 1. The van der Waals surface area contributed by atoms with Crippen LogP contribution in [0.15, 0.2) is 42.6 Å². The first kappa shape index (κ1) is 18.3. The zero-order valence-electron chi connectivity index (χ0n) is 13.9. The minimum Gasteiger partial charge on any atom is -0.445 e. The van der Waals surface area contributed by atoms with Crippen LogP contribution in [-0.2, 0) is 16.1 Å². The van der Waals surface area contributed by atoms with Gasteiger partial charge in [0, 0.05) is 19.2 Å². The van der Waals surface area contributed by atoms with E-state index in [1.165, 1.54) is 6.42 Å². The van der Waals surface area contributed by atoms with Gasteiger partial charge in [0.05, 0.1) is 0 Å². The number of hydrogen-bond acceptors (Lipinski definition) is 5. The molecule has 1 aliphatic heterocycles. The van der Waals surface area contributed by atoms with Crippen LogP contribution in [0.4, 0.5) is 4.79 Å². The monoisotopic (exact) mass is 333 g/mol. The van der Waals surface area contributed by atoms with Gasteiger partial charge in [0.25, 0.3) is 0 Å². The second kappa shape index (κ2) is 10.7. The van der Waals surface area contributed by atoms with E-state index in [4.69, 9.17) is 15.2 Å². The Kier molecular flexibility index (Phi) is 8.13. The summed E-state index contributed by atoms with van der Waals surface area (Å²) in [7, 11) is 0. The zero-order chi connectivity index (χ0) is 17.0. The van der Waals surface area contributed by atoms with E-state index in [0.717, 1.165) is 25.0 Å². The van der Waals surface area contributed by atoms with E-state index in [2.05, 4.69) is 10.6 Å². The molecule has 132 valence electrons. The number of amides is 1. The van der Waals surface area contributed by atoms with Gasteiger partial charge in [-0.3, -0.25) is 0 Å². The first-order valence-corrected chi connectivity index (χ1v) is 8.48. The molecule has 0 spiro atoms. The van der Waals surface area contributed by atoms with Crippen LogP contribution in [0.2, 0.25) is 0 Å². The lowest BCUT2D eigenvalue weighted by molar-refractivity contribution is 0.00331. The summed E-state index contributed by atoms with van der Waals surface area (Å²) >= 11 is 0. The van der Waals surface area contributed by atoms with Crippen LogP contribution < -0.4 is 16.4 Å². The molecule has 6 nitrogen and oxygen atoms in total. The molecule has 2 atom stereocenters. The number of benzene rings is 1. The first-order valence-electron chi connectivity index (χ1n) is 8.48. The molecular formula is C18H27N3O3. The van der Waals surface area contributed by atoms with E-state index in [1.807, 2.05) is 42.6 Å². The largest absolute Gasteiger partial charge is 0.445 e. The number of rotatable bonds is 8. The smallest absolute Gasteiger partial charge is 0.407 e. The van der Waals surface area contributed by atoms with Crippen molar-refractivity contribution in [3.63, 3.8) is 0 Å². The van der Waals surface area contributed by atoms with Crippen molar-refractivity contribution in [2.75, 3.05) is 13.2 Å². The highest BCUT2D eigenvalue weighted by atomic mass is 16.5. The molecule has 0 aliphatic carbocycles. The number of ether oxygens (including phenoxy) is 2. The SMILES string of the molecule is NC(/C=C\NC1CCCCO1)CCNC(=O)OCc1ccccc1. The Bertz CT molecular complexity index is 501. The zero-order valence-corrected chi connectivity index (χ0v) is 13.9. The molecule has 0 saturated carbocycles. The van der Waals surface area contributed by atoms with Gasteiger partial charge < -0.3 is 25.8 Å². The van der Waals surface area contributed by atoms with Crippen LogP contribution in [0.1, 0.15) is 31.2 Å². The van der Waals surface area contributed by atoms with Crippen LogP contribution >= 0.6 is 0 Å². The maximum absolute atomic E-state index is 11.6. The summed E-state index contributed by atoms with van der Waals surface area (Å²) in [6.45, 7) is 1.55. The maximum atomic E-state index is 11.6. The molecule has 1 fully saturated rings. The van der Waals surface area contributed by atoms with Crippen molar-refractivity contribution in [2.24, 2.45) is 5.73 Å². The normalized spacial score (nSPS) is 19.0. The van der Waals surface area contributed by atoms with E-state index in [9.17, 15) is 4.79 Å². The summed E-state index contributed by atoms with van der Waals surface area (Å²) in [6, 6.07) is 9.44. The fourth-order valence-corrected chi connectivity index (χ4v) is 2.37. The van der Waals surface area contributed by atoms with Crippen LogP contribution in [0.3, 0.4) is 0 Å². The van der Waals surface area contributed by atoms with Crippen molar-refractivity contribution in [1.29, 1.82) is 0 Å². The predicted molar refractivity (Wildman–Crippen MR) is 93.1 cm³/mol. The molecule has 1 aromatic carbocycles. The highest BCUT2D eigenvalue weighted by molar-refractivity contribution is 5.67. The van der Waals surface area contributed by atoms with E-state index in [0.29, 0.717) is 13.0 Å². The standard InChI is InChI=1S/C18H27N3O3/c19-16(9-11-20-17-8-4-5-13-23-17)10-12-21-18(22)24-14-15-6-2-1-3-7-15/h1-3,6-7,9,11,16-17,20H,4-5,8,10,12-14,19H2,(H,21,22)/b11-9-. The number of nitrogens with one attached hydrogen (secondary N) is 2. The third-order valence-electron chi connectivity index (χ3n) is 3.76. The van der Waals surface area contributed by atoms with Gasteiger partial charge in [-0.2, -0.15) is 0 Å². The Morgan fingerprint density at radius 3 is 2.96 bits per heavy atom. The highest BCUT2D eigenvalue weighted by Gasteiger charge is 2.11. The summed E-state index contributed by atoms with van der Waals surface area (Å²) < 4.78 is 10.7. The quantitative estimate of drug-likeness (QED) is 0.679. The Hall–Kier alpha value is -2.05. The Labute approximate surface area is 143 Å². The molecule has 1 saturated heterocycles. The molecule has 2 unspecified atom stereocenters. The second-order valence-corrected chi connectivity index (χ2v) is 5.82. The second-order valence-electron chi connectivity index (χ2n) is 5.82. The topological polar surface area (TPSA) is 85.6 Å². The average molecular weight is 333 g/mol. The summed E-state index contributed by atoms with van der Waals surface area (Å²) in [5, 5.41) is 5.90. The van der Waals surface area contributed by atoms with Crippen molar-refractivity contribution in [3.8, 4) is 0 Å². The van der Waals surface area contributed by atoms with Gasteiger partial charge in [-0.1, -0.05) is 36.4 Å². The van der Waals surface area contributed by atoms with Gasteiger partial charge in [-0.15, -0.1) is 0 Å². The fourth-order valence-electron chi connectivity index (χ4n) is 2.37. The van der Waals surface area contributed by atoms with Gasteiger partial charge in [-0.25, -0.2) is 4.79 Å². The highest BCUT2D eigenvalue weighted by Crippen LogP contribution is 2.09. The molecule has 0 radical (unpaired) electrons. The van der Waals surface area contributed by atoms with Gasteiger partial charge in [-0.05, 0) is 37.4 Å². The van der Waals surface area contributed by atoms with Crippen molar-refractivity contribution in [3.05, 3.63) is 48.2 Å². The summed E-state index contributed by atoms with van der Waals surface area (Å²) in [5.41, 5.74) is 6.94. The molecule has 4 N–H and O–H groups in total. The molecule has 0 bridgehead atoms. The molecule has 1 heterocycles. The van der Waals surface area contributed by atoms with E-state index >= 15 is 0 Å². The van der Waals surface area contributed by atoms with E-state index < -0.39 is 6.09 Å². The Balaban J connectivity index is 1.53. The minimum absolute atomic E-state index is 0.0910. The molecule has 24 heavy (non-hydrogen) atoms. The van der Waals surface area contributed by atoms with Crippen LogP contribution in [-0.4, -0.2) is 31.5 Å². The maximum Gasteiger partial charge on any atom is 0.407 e. The fraction of sp³-hybridized carbons (Fsp3) is 0.500. The van der Waals surface area contributed by atoms with Gasteiger partial charge in [0.1, 0.15) is 12.8 Å². The minimum atomic E-state index is -0.427. The summed E-state index contributed by atoms with van der Waals surface area (Å²) in [4.78, 5) is 11.6. The van der Waals surface area contributed by atoms with Crippen LogP contribution in [0.5, 0.6) is 0 Å². The Morgan fingerprint density at radius 2 is 2.21 bits per heavy atom. The van der Waals surface area contributed by atoms with Crippen molar-refractivity contribution >= 4 is 6.09 Å². The predicted octanol–water partition coefficient (Wildman–Crippen LogP) is 2.26. The Morgan fingerprint density at radius 1 is 1.38 bits per heavy atom. The summed E-state index contributed by atoms with van der Waals surface area (Å²) in [5.74, 6) is 0. The van der Waals surface area contributed by atoms with Crippen LogP contribution in [0, 0.1) is 0 Å². The van der Waals surface area contributed by atoms with Gasteiger partial charge >= 0.3 is 6.09 Å².